The summed E-state index contributed by atoms with van der Waals surface area (Å²) >= 11 is 0. The third-order valence-electron chi connectivity index (χ3n) is 2.38. The summed E-state index contributed by atoms with van der Waals surface area (Å²) in [6, 6.07) is 3.73. The van der Waals surface area contributed by atoms with E-state index in [9.17, 15) is 0 Å². The van der Waals surface area contributed by atoms with Gasteiger partial charge in [0.2, 0.25) is 0 Å². The molecule has 1 heterocycles. The number of nitrogens with zero attached hydrogens (tertiary/aromatic N) is 2. The van der Waals surface area contributed by atoms with Crippen molar-refractivity contribution in [2.24, 2.45) is 0 Å². The predicted molar refractivity (Wildman–Crippen MR) is 59.9 cm³/mol. The fourth-order valence-electron chi connectivity index (χ4n) is 1.06. The lowest BCUT2D eigenvalue weighted by Crippen LogP contribution is -2.37. The Morgan fingerprint density at radius 3 is 2.57 bits per heavy atom. The Balaban J connectivity index is 2.70. The SMILES string of the molecule is CN(Cc1cc(N)ccn1)C(C)(C)C. The predicted octanol–water partition coefficient (Wildman–Crippen LogP) is 1.89. The van der Waals surface area contributed by atoms with Crippen molar-refractivity contribution < 1.29 is 0 Å². The van der Waals surface area contributed by atoms with E-state index in [1.807, 2.05) is 6.07 Å². The first kappa shape index (κ1) is 11.0. The lowest BCUT2D eigenvalue weighted by Gasteiger charge is -2.31. The quantitative estimate of drug-likeness (QED) is 0.780. The van der Waals surface area contributed by atoms with Gasteiger partial charge >= 0.3 is 0 Å². The fourth-order valence-corrected chi connectivity index (χ4v) is 1.06. The number of aromatic nitrogens is 1. The Hall–Kier alpha value is -1.09. The molecule has 1 rings (SSSR count). The minimum atomic E-state index is 0.159. The van der Waals surface area contributed by atoms with Crippen molar-refractivity contribution in [2.75, 3.05) is 12.8 Å². The standard InChI is InChI=1S/C11H19N3/c1-11(2,3)14(4)8-10-7-9(12)5-6-13-10/h5-7H,8H2,1-4H3,(H2,12,13). The molecule has 0 aromatic carbocycles. The Morgan fingerprint density at radius 2 is 2.07 bits per heavy atom. The number of rotatable bonds is 2. The Labute approximate surface area is 85.9 Å². The highest BCUT2D eigenvalue weighted by Gasteiger charge is 2.17. The molecule has 0 fully saturated rings. The first-order chi connectivity index (χ1) is 6.39. The Kier molecular flexibility index (Phi) is 3.11. The topological polar surface area (TPSA) is 42.1 Å². The normalized spacial score (nSPS) is 12.1. The minimum Gasteiger partial charge on any atom is -0.399 e. The molecule has 0 atom stereocenters. The highest BCUT2D eigenvalue weighted by atomic mass is 15.2. The molecule has 78 valence electrons. The molecule has 14 heavy (non-hydrogen) atoms. The van der Waals surface area contributed by atoms with E-state index >= 15 is 0 Å². The molecule has 0 unspecified atom stereocenters. The number of hydrogen-bond acceptors (Lipinski definition) is 3. The van der Waals surface area contributed by atoms with Gasteiger partial charge in [-0.2, -0.15) is 0 Å². The highest BCUT2D eigenvalue weighted by molar-refractivity contribution is 5.37. The van der Waals surface area contributed by atoms with Gasteiger partial charge < -0.3 is 5.73 Å². The molecule has 0 spiro atoms. The monoisotopic (exact) mass is 193 g/mol. The van der Waals surface area contributed by atoms with Crippen molar-refractivity contribution in [3.63, 3.8) is 0 Å². The summed E-state index contributed by atoms with van der Waals surface area (Å²) in [5.74, 6) is 0. The third kappa shape index (κ3) is 3.00. The summed E-state index contributed by atoms with van der Waals surface area (Å²) in [5.41, 5.74) is 7.64. The average Bonchev–Trinajstić information content (AvgIpc) is 2.02. The first-order valence-electron chi connectivity index (χ1n) is 4.81. The molecule has 0 aliphatic carbocycles. The van der Waals surface area contributed by atoms with Crippen LogP contribution in [0.3, 0.4) is 0 Å². The van der Waals surface area contributed by atoms with Gasteiger partial charge in [-0.05, 0) is 40.0 Å². The van der Waals surface area contributed by atoms with Crippen LogP contribution in [0.2, 0.25) is 0 Å². The van der Waals surface area contributed by atoms with Crippen LogP contribution in [-0.2, 0) is 6.54 Å². The van der Waals surface area contributed by atoms with Crippen LogP contribution in [0.5, 0.6) is 0 Å². The molecule has 3 heteroatoms. The second-order valence-electron chi connectivity index (χ2n) is 4.61. The van der Waals surface area contributed by atoms with Crippen molar-refractivity contribution in [1.82, 2.24) is 9.88 Å². The molecule has 0 amide bonds. The van der Waals surface area contributed by atoms with E-state index in [0.29, 0.717) is 0 Å². The average molecular weight is 193 g/mol. The Bertz CT molecular complexity index is 302. The molecule has 3 nitrogen and oxygen atoms in total. The lowest BCUT2D eigenvalue weighted by molar-refractivity contribution is 0.165. The van der Waals surface area contributed by atoms with Crippen LogP contribution >= 0.6 is 0 Å². The van der Waals surface area contributed by atoms with E-state index < -0.39 is 0 Å². The molecule has 0 aliphatic rings. The van der Waals surface area contributed by atoms with Gasteiger partial charge in [-0.25, -0.2) is 0 Å². The van der Waals surface area contributed by atoms with Crippen LogP contribution in [0.15, 0.2) is 18.3 Å². The zero-order valence-corrected chi connectivity index (χ0v) is 9.41. The van der Waals surface area contributed by atoms with E-state index in [0.717, 1.165) is 17.9 Å². The van der Waals surface area contributed by atoms with Crippen LogP contribution < -0.4 is 5.73 Å². The van der Waals surface area contributed by atoms with Gasteiger partial charge in [-0.3, -0.25) is 9.88 Å². The second-order valence-corrected chi connectivity index (χ2v) is 4.61. The van der Waals surface area contributed by atoms with Gasteiger partial charge in [0.1, 0.15) is 0 Å². The molecular weight excluding hydrogens is 174 g/mol. The van der Waals surface area contributed by atoms with Crippen molar-refractivity contribution in [3.05, 3.63) is 24.0 Å². The van der Waals surface area contributed by atoms with E-state index in [1.165, 1.54) is 0 Å². The van der Waals surface area contributed by atoms with Crippen LogP contribution in [0.25, 0.3) is 0 Å². The van der Waals surface area contributed by atoms with E-state index in [-0.39, 0.29) is 5.54 Å². The maximum atomic E-state index is 5.68. The molecule has 0 radical (unpaired) electrons. The zero-order valence-electron chi connectivity index (χ0n) is 9.41. The minimum absolute atomic E-state index is 0.159. The largest absolute Gasteiger partial charge is 0.399 e. The maximum Gasteiger partial charge on any atom is 0.0564 e. The molecule has 2 N–H and O–H groups in total. The number of nitrogens with two attached hydrogens (primary N) is 1. The summed E-state index contributed by atoms with van der Waals surface area (Å²) < 4.78 is 0. The first-order valence-corrected chi connectivity index (χ1v) is 4.81. The molecule has 0 saturated carbocycles. The summed E-state index contributed by atoms with van der Waals surface area (Å²) in [6.45, 7) is 7.37. The van der Waals surface area contributed by atoms with E-state index in [4.69, 9.17) is 5.73 Å². The van der Waals surface area contributed by atoms with Crippen LogP contribution in [0.1, 0.15) is 26.5 Å². The molecule has 1 aromatic rings. The highest BCUT2D eigenvalue weighted by Crippen LogP contribution is 2.14. The second kappa shape index (κ2) is 3.96. The van der Waals surface area contributed by atoms with Crippen LogP contribution in [0.4, 0.5) is 5.69 Å². The van der Waals surface area contributed by atoms with Crippen LogP contribution in [0, 0.1) is 0 Å². The number of anilines is 1. The molecule has 0 aliphatic heterocycles. The summed E-state index contributed by atoms with van der Waals surface area (Å²) in [4.78, 5) is 6.52. The van der Waals surface area contributed by atoms with Crippen molar-refractivity contribution >= 4 is 5.69 Å². The Morgan fingerprint density at radius 1 is 1.43 bits per heavy atom. The van der Waals surface area contributed by atoms with Gasteiger partial charge in [-0.1, -0.05) is 0 Å². The number of pyridine rings is 1. The van der Waals surface area contributed by atoms with E-state index in [1.54, 1.807) is 12.3 Å². The summed E-state index contributed by atoms with van der Waals surface area (Å²) in [5, 5.41) is 0. The molecule has 0 bridgehead atoms. The van der Waals surface area contributed by atoms with Gasteiger partial charge in [0, 0.05) is 24.0 Å². The van der Waals surface area contributed by atoms with E-state index in [2.05, 4.69) is 37.7 Å². The zero-order chi connectivity index (χ0) is 10.8. The smallest absolute Gasteiger partial charge is 0.0564 e. The summed E-state index contributed by atoms with van der Waals surface area (Å²) in [6.07, 6.45) is 1.75. The lowest BCUT2D eigenvalue weighted by atomic mass is 10.1. The van der Waals surface area contributed by atoms with Gasteiger partial charge in [0.25, 0.3) is 0 Å². The van der Waals surface area contributed by atoms with Gasteiger partial charge in [0.05, 0.1) is 5.69 Å². The fraction of sp³-hybridized carbons (Fsp3) is 0.545. The van der Waals surface area contributed by atoms with Crippen LogP contribution in [-0.4, -0.2) is 22.5 Å². The van der Waals surface area contributed by atoms with Crippen molar-refractivity contribution in [3.8, 4) is 0 Å². The molecule has 1 aromatic heterocycles. The van der Waals surface area contributed by atoms with Gasteiger partial charge in [-0.15, -0.1) is 0 Å². The molecule has 0 saturated heterocycles. The van der Waals surface area contributed by atoms with Gasteiger partial charge in [0.15, 0.2) is 0 Å². The molecular formula is C11H19N3. The number of hydrogen-bond donors (Lipinski definition) is 1. The maximum absolute atomic E-state index is 5.68. The third-order valence-corrected chi connectivity index (χ3v) is 2.38. The summed E-state index contributed by atoms with van der Waals surface area (Å²) in [7, 11) is 2.09. The van der Waals surface area contributed by atoms with Crippen molar-refractivity contribution in [2.45, 2.75) is 32.9 Å². The number of nitrogen functional groups attached to an aromatic ring is 1. The van der Waals surface area contributed by atoms with Crippen molar-refractivity contribution in [1.29, 1.82) is 0 Å².